The highest BCUT2D eigenvalue weighted by molar-refractivity contribution is 7.89. The van der Waals surface area contributed by atoms with E-state index < -0.39 is 10.0 Å². The third-order valence-corrected chi connectivity index (χ3v) is 5.28. The van der Waals surface area contributed by atoms with Crippen molar-refractivity contribution in [3.63, 3.8) is 0 Å². The number of sulfonamides is 1. The van der Waals surface area contributed by atoms with Gasteiger partial charge in [0.25, 0.3) is 0 Å². The van der Waals surface area contributed by atoms with Crippen molar-refractivity contribution in [2.75, 3.05) is 19.8 Å². The molecule has 6 heteroatoms. The maximum absolute atomic E-state index is 12.3. The number of rotatable bonds is 8. The van der Waals surface area contributed by atoms with Gasteiger partial charge < -0.3 is 9.47 Å². The first-order valence-electron chi connectivity index (χ1n) is 8.68. The van der Waals surface area contributed by atoms with Crippen molar-refractivity contribution in [3.8, 4) is 11.5 Å². The van der Waals surface area contributed by atoms with Gasteiger partial charge in [0, 0.05) is 6.54 Å². The summed E-state index contributed by atoms with van der Waals surface area (Å²) in [6, 6.07) is 14.2. The minimum absolute atomic E-state index is 0.0363. The van der Waals surface area contributed by atoms with Gasteiger partial charge >= 0.3 is 0 Å². The lowest BCUT2D eigenvalue weighted by Gasteiger charge is -2.19. The fourth-order valence-electron chi connectivity index (χ4n) is 2.36. The predicted molar refractivity (Wildman–Crippen MR) is 103 cm³/mol. The molecule has 0 atom stereocenters. The smallest absolute Gasteiger partial charge is 0.240 e. The highest BCUT2D eigenvalue weighted by Gasteiger charge is 2.15. The van der Waals surface area contributed by atoms with Crippen LogP contribution >= 0.6 is 0 Å². The molecule has 0 bridgehead atoms. The van der Waals surface area contributed by atoms with E-state index in [2.05, 4.69) is 31.6 Å². The van der Waals surface area contributed by atoms with Crippen molar-refractivity contribution in [2.45, 2.75) is 38.0 Å². The summed E-state index contributed by atoms with van der Waals surface area (Å²) in [6.45, 7) is 9.27. The summed E-state index contributed by atoms with van der Waals surface area (Å²) in [5.41, 5.74) is 1.21. The monoisotopic (exact) mass is 377 g/mol. The molecule has 0 unspecified atom stereocenters. The summed E-state index contributed by atoms with van der Waals surface area (Å²) >= 11 is 0. The fourth-order valence-corrected chi connectivity index (χ4v) is 3.38. The fraction of sp³-hybridized carbons (Fsp3) is 0.400. The van der Waals surface area contributed by atoms with E-state index in [1.54, 1.807) is 12.1 Å². The van der Waals surface area contributed by atoms with E-state index in [-0.39, 0.29) is 23.5 Å². The maximum Gasteiger partial charge on any atom is 0.240 e. The normalized spacial score (nSPS) is 12.0. The highest BCUT2D eigenvalue weighted by atomic mass is 32.2. The van der Waals surface area contributed by atoms with Gasteiger partial charge in [0.05, 0.1) is 11.5 Å². The molecule has 2 aromatic carbocycles. The average molecular weight is 378 g/mol. The summed E-state index contributed by atoms with van der Waals surface area (Å²) in [7, 11) is -3.56. The molecule has 2 aromatic rings. The maximum atomic E-state index is 12.3. The van der Waals surface area contributed by atoms with Gasteiger partial charge in [-0.3, -0.25) is 0 Å². The van der Waals surface area contributed by atoms with Crippen molar-refractivity contribution in [1.82, 2.24) is 4.72 Å². The van der Waals surface area contributed by atoms with Crippen LogP contribution in [0.2, 0.25) is 0 Å². The van der Waals surface area contributed by atoms with Gasteiger partial charge in [0.1, 0.15) is 18.1 Å². The molecule has 0 saturated carbocycles. The van der Waals surface area contributed by atoms with E-state index in [0.717, 1.165) is 5.75 Å². The van der Waals surface area contributed by atoms with Crippen molar-refractivity contribution >= 4 is 10.0 Å². The van der Waals surface area contributed by atoms with Crippen LogP contribution in [0.5, 0.6) is 11.5 Å². The lowest BCUT2D eigenvalue weighted by molar-refractivity contribution is 0.322. The minimum Gasteiger partial charge on any atom is -0.494 e. The van der Waals surface area contributed by atoms with Gasteiger partial charge in [-0.25, -0.2) is 13.1 Å². The second kappa shape index (κ2) is 8.56. The first kappa shape index (κ1) is 20.3. The lowest BCUT2D eigenvalue weighted by atomic mass is 9.87. The zero-order chi connectivity index (χ0) is 19.2. The van der Waals surface area contributed by atoms with Crippen LogP contribution in [-0.2, 0) is 15.4 Å². The average Bonchev–Trinajstić information content (AvgIpc) is 2.59. The second-order valence-corrected chi connectivity index (χ2v) is 8.70. The van der Waals surface area contributed by atoms with Gasteiger partial charge in [-0.1, -0.05) is 32.9 Å². The molecular weight excluding hydrogens is 350 g/mol. The molecule has 0 heterocycles. The Labute approximate surface area is 156 Å². The molecule has 0 radical (unpaired) electrons. The van der Waals surface area contributed by atoms with Gasteiger partial charge in [-0.15, -0.1) is 0 Å². The first-order valence-corrected chi connectivity index (χ1v) is 10.2. The standard InChI is InChI=1S/C20H27NO4S/c1-5-24-17-9-11-19(12-10-17)26(22,23)21-13-14-25-18-8-6-7-16(15-18)20(2,3)4/h6-12,15,21H,5,13-14H2,1-4H3. The summed E-state index contributed by atoms with van der Waals surface area (Å²) in [5, 5.41) is 0. The van der Waals surface area contributed by atoms with Gasteiger partial charge in [0.15, 0.2) is 0 Å². The predicted octanol–water partition coefficient (Wildman–Crippen LogP) is 3.74. The number of ether oxygens (including phenoxy) is 2. The van der Waals surface area contributed by atoms with Crippen LogP contribution < -0.4 is 14.2 Å². The zero-order valence-corrected chi connectivity index (χ0v) is 16.6. The Kier molecular flexibility index (Phi) is 6.67. The summed E-state index contributed by atoms with van der Waals surface area (Å²) in [5.74, 6) is 1.38. The Bertz CT molecular complexity index is 808. The Morgan fingerprint density at radius 1 is 0.962 bits per heavy atom. The third kappa shape index (κ3) is 5.75. The zero-order valence-electron chi connectivity index (χ0n) is 15.8. The van der Waals surface area contributed by atoms with E-state index >= 15 is 0 Å². The molecular formula is C20H27NO4S. The number of nitrogens with one attached hydrogen (secondary N) is 1. The van der Waals surface area contributed by atoms with Crippen LogP contribution in [-0.4, -0.2) is 28.2 Å². The Balaban J connectivity index is 1.89. The van der Waals surface area contributed by atoms with Gasteiger partial charge in [0.2, 0.25) is 10.0 Å². The Hall–Kier alpha value is -2.05. The Morgan fingerprint density at radius 3 is 2.27 bits per heavy atom. The van der Waals surface area contributed by atoms with Gasteiger partial charge in [-0.05, 0) is 54.3 Å². The van der Waals surface area contributed by atoms with E-state index in [0.29, 0.717) is 12.4 Å². The van der Waals surface area contributed by atoms with Crippen molar-refractivity contribution in [3.05, 3.63) is 54.1 Å². The molecule has 5 nitrogen and oxygen atoms in total. The second-order valence-electron chi connectivity index (χ2n) is 6.93. The van der Waals surface area contributed by atoms with Crippen molar-refractivity contribution in [1.29, 1.82) is 0 Å². The molecule has 2 rings (SSSR count). The molecule has 0 spiro atoms. The van der Waals surface area contributed by atoms with Crippen molar-refractivity contribution < 1.29 is 17.9 Å². The summed E-state index contributed by atoms with van der Waals surface area (Å²) < 4.78 is 38.1. The van der Waals surface area contributed by atoms with Gasteiger partial charge in [-0.2, -0.15) is 0 Å². The molecule has 0 aliphatic rings. The molecule has 142 valence electrons. The molecule has 0 aromatic heterocycles. The minimum atomic E-state index is -3.56. The Morgan fingerprint density at radius 2 is 1.65 bits per heavy atom. The number of hydrogen-bond donors (Lipinski definition) is 1. The highest BCUT2D eigenvalue weighted by Crippen LogP contribution is 2.25. The SMILES string of the molecule is CCOc1ccc(S(=O)(=O)NCCOc2cccc(C(C)(C)C)c2)cc1. The van der Waals surface area contributed by atoms with E-state index in [4.69, 9.17) is 9.47 Å². The number of hydrogen-bond acceptors (Lipinski definition) is 4. The largest absolute Gasteiger partial charge is 0.494 e. The van der Waals surface area contributed by atoms with Crippen LogP contribution in [0.4, 0.5) is 0 Å². The molecule has 0 amide bonds. The van der Waals surface area contributed by atoms with Crippen LogP contribution in [0.3, 0.4) is 0 Å². The quantitative estimate of drug-likeness (QED) is 0.712. The molecule has 0 aliphatic heterocycles. The first-order chi connectivity index (χ1) is 12.2. The molecule has 1 N–H and O–H groups in total. The lowest BCUT2D eigenvalue weighted by Crippen LogP contribution is -2.28. The van der Waals surface area contributed by atoms with Crippen LogP contribution in [0.25, 0.3) is 0 Å². The van der Waals surface area contributed by atoms with E-state index in [9.17, 15) is 8.42 Å². The topological polar surface area (TPSA) is 64.6 Å². The molecule has 26 heavy (non-hydrogen) atoms. The van der Waals surface area contributed by atoms with E-state index in [1.807, 2.05) is 25.1 Å². The van der Waals surface area contributed by atoms with Crippen LogP contribution in [0, 0.1) is 0 Å². The molecule has 0 saturated heterocycles. The molecule has 0 aliphatic carbocycles. The third-order valence-electron chi connectivity index (χ3n) is 3.81. The van der Waals surface area contributed by atoms with Crippen LogP contribution in [0.15, 0.2) is 53.4 Å². The summed E-state index contributed by atoms with van der Waals surface area (Å²) in [6.07, 6.45) is 0. The van der Waals surface area contributed by atoms with Crippen molar-refractivity contribution in [2.24, 2.45) is 0 Å². The van der Waals surface area contributed by atoms with E-state index in [1.165, 1.54) is 17.7 Å². The molecule has 0 fully saturated rings. The van der Waals surface area contributed by atoms with Crippen LogP contribution in [0.1, 0.15) is 33.3 Å². The number of benzene rings is 2. The summed E-state index contributed by atoms with van der Waals surface area (Å²) in [4.78, 5) is 0.204.